The quantitative estimate of drug-likeness (QED) is 0.417. The fourth-order valence-corrected chi connectivity index (χ4v) is 0.327. The van der Waals surface area contributed by atoms with E-state index in [9.17, 15) is 4.79 Å². The van der Waals surface area contributed by atoms with Crippen LogP contribution in [0.15, 0.2) is 24.3 Å². The molecule has 0 aliphatic carbocycles. The van der Waals surface area contributed by atoms with E-state index in [1.54, 1.807) is 12.2 Å². The van der Waals surface area contributed by atoms with Crippen LogP contribution in [0.4, 0.5) is 0 Å². The molecule has 0 aromatic heterocycles. The minimum Gasteiger partial charge on any atom is -0.453 e. The van der Waals surface area contributed by atoms with Gasteiger partial charge in [-0.15, -0.1) is 0 Å². The zero-order chi connectivity index (χ0) is 6.95. The molecular formula is C7H9O2. The molecule has 0 N–H and O–H groups in total. The van der Waals surface area contributed by atoms with Crippen molar-refractivity contribution >= 4 is 6.47 Å². The van der Waals surface area contributed by atoms with Crippen molar-refractivity contribution < 1.29 is 9.53 Å². The van der Waals surface area contributed by atoms with Crippen LogP contribution in [0, 0.1) is 0 Å². The van der Waals surface area contributed by atoms with E-state index in [1.165, 1.54) is 6.47 Å². The molecule has 0 spiro atoms. The lowest BCUT2D eigenvalue weighted by molar-refractivity contribution is 0.314. The fraction of sp³-hybridized carbons (Fsp3) is 0.286. The van der Waals surface area contributed by atoms with Gasteiger partial charge in [0.05, 0.1) is 0 Å². The van der Waals surface area contributed by atoms with E-state index >= 15 is 0 Å². The van der Waals surface area contributed by atoms with Gasteiger partial charge in [-0.05, 0) is 13.0 Å². The molecule has 0 aromatic rings. The highest BCUT2D eigenvalue weighted by molar-refractivity contribution is 5.38. The number of carbonyl (C=O) groups excluding carboxylic acids is 1. The molecule has 2 heteroatoms. The predicted molar refractivity (Wildman–Crippen MR) is 35.6 cm³/mol. The van der Waals surface area contributed by atoms with Crippen molar-refractivity contribution in [3.63, 3.8) is 0 Å². The molecule has 0 amide bonds. The Hall–Kier alpha value is -1.05. The summed E-state index contributed by atoms with van der Waals surface area (Å²) in [6.07, 6.45) is 7.28. The summed E-state index contributed by atoms with van der Waals surface area (Å²) in [5.41, 5.74) is 0. The number of allylic oxidation sites excluding steroid dienone is 3. The lowest BCUT2D eigenvalue weighted by Gasteiger charge is -1.83. The standard InChI is InChI=1S/C7H9O2/c1-2-3-4-5-6-9-7-8/h2-5H,6H2,1H3. The van der Waals surface area contributed by atoms with Gasteiger partial charge in [0.25, 0.3) is 0 Å². The van der Waals surface area contributed by atoms with Crippen LogP contribution in [0.2, 0.25) is 0 Å². The first-order valence-electron chi connectivity index (χ1n) is 2.68. The fourth-order valence-electron chi connectivity index (χ4n) is 0.327. The van der Waals surface area contributed by atoms with Crippen LogP contribution >= 0.6 is 0 Å². The summed E-state index contributed by atoms with van der Waals surface area (Å²) in [6, 6.07) is 0. The van der Waals surface area contributed by atoms with Gasteiger partial charge >= 0.3 is 6.47 Å². The number of hydrogen-bond donors (Lipinski definition) is 0. The molecule has 0 fully saturated rings. The largest absolute Gasteiger partial charge is 0.453 e. The second-order valence-electron chi connectivity index (χ2n) is 1.35. The first-order valence-corrected chi connectivity index (χ1v) is 2.68. The predicted octanol–water partition coefficient (Wildman–Crippen LogP) is 1.20. The normalized spacial score (nSPS) is 10.8. The van der Waals surface area contributed by atoms with Crippen LogP contribution in [0.3, 0.4) is 0 Å². The zero-order valence-electron chi connectivity index (χ0n) is 5.33. The number of rotatable bonds is 4. The SMILES string of the molecule is CC=CC=CCO[C]=O. The topological polar surface area (TPSA) is 26.3 Å². The summed E-state index contributed by atoms with van der Waals surface area (Å²) in [7, 11) is 0. The first kappa shape index (κ1) is 7.95. The molecule has 0 saturated heterocycles. The van der Waals surface area contributed by atoms with Crippen molar-refractivity contribution in [1.82, 2.24) is 0 Å². The molecule has 0 saturated carbocycles. The minimum atomic E-state index is 0.299. The zero-order valence-corrected chi connectivity index (χ0v) is 5.33. The molecule has 49 valence electrons. The van der Waals surface area contributed by atoms with Crippen LogP contribution in [-0.4, -0.2) is 13.1 Å². The maximum atomic E-state index is 9.44. The molecule has 0 aromatic carbocycles. The maximum Gasteiger partial charge on any atom is 0.417 e. The minimum absolute atomic E-state index is 0.299. The van der Waals surface area contributed by atoms with Crippen molar-refractivity contribution in [1.29, 1.82) is 0 Å². The van der Waals surface area contributed by atoms with Gasteiger partial charge in [0.1, 0.15) is 6.61 Å². The molecule has 0 heterocycles. The van der Waals surface area contributed by atoms with Crippen LogP contribution in [-0.2, 0) is 9.53 Å². The number of hydrogen-bond acceptors (Lipinski definition) is 2. The summed E-state index contributed by atoms with van der Waals surface area (Å²) < 4.78 is 4.25. The van der Waals surface area contributed by atoms with E-state index in [-0.39, 0.29) is 0 Å². The van der Waals surface area contributed by atoms with Crippen molar-refractivity contribution in [2.24, 2.45) is 0 Å². The van der Waals surface area contributed by atoms with E-state index < -0.39 is 0 Å². The van der Waals surface area contributed by atoms with Crippen LogP contribution in [0.5, 0.6) is 0 Å². The lowest BCUT2D eigenvalue weighted by atomic mass is 10.4. The molecular weight excluding hydrogens is 116 g/mol. The van der Waals surface area contributed by atoms with E-state index in [0.29, 0.717) is 6.61 Å². The van der Waals surface area contributed by atoms with Crippen LogP contribution in [0.1, 0.15) is 6.92 Å². The smallest absolute Gasteiger partial charge is 0.417 e. The molecule has 0 aliphatic rings. The summed E-state index contributed by atoms with van der Waals surface area (Å²) in [6.45, 7) is 3.53. The van der Waals surface area contributed by atoms with Gasteiger partial charge in [-0.25, -0.2) is 4.79 Å². The van der Waals surface area contributed by atoms with Crippen molar-refractivity contribution in [3.05, 3.63) is 24.3 Å². The van der Waals surface area contributed by atoms with E-state index in [2.05, 4.69) is 4.74 Å². The summed E-state index contributed by atoms with van der Waals surface area (Å²) in [4.78, 5) is 9.44. The second-order valence-corrected chi connectivity index (χ2v) is 1.35. The van der Waals surface area contributed by atoms with E-state index in [1.807, 2.05) is 19.1 Å². The monoisotopic (exact) mass is 125 g/mol. The Labute approximate surface area is 54.8 Å². The van der Waals surface area contributed by atoms with Gasteiger partial charge in [0, 0.05) is 0 Å². The Morgan fingerprint density at radius 1 is 1.56 bits per heavy atom. The van der Waals surface area contributed by atoms with E-state index in [4.69, 9.17) is 0 Å². The summed E-state index contributed by atoms with van der Waals surface area (Å²) >= 11 is 0. The summed E-state index contributed by atoms with van der Waals surface area (Å²) in [5.74, 6) is 0. The maximum absolute atomic E-state index is 9.44. The van der Waals surface area contributed by atoms with Crippen molar-refractivity contribution in [2.75, 3.05) is 6.61 Å². The molecule has 2 nitrogen and oxygen atoms in total. The first-order chi connectivity index (χ1) is 4.41. The molecule has 0 bridgehead atoms. The second kappa shape index (κ2) is 6.95. The Morgan fingerprint density at radius 3 is 2.89 bits per heavy atom. The highest BCUT2D eigenvalue weighted by Crippen LogP contribution is 1.76. The highest BCUT2D eigenvalue weighted by atomic mass is 16.5. The van der Waals surface area contributed by atoms with Crippen molar-refractivity contribution in [3.8, 4) is 0 Å². The third-order valence-electron chi connectivity index (χ3n) is 0.678. The average molecular weight is 125 g/mol. The van der Waals surface area contributed by atoms with Gasteiger partial charge in [0.2, 0.25) is 0 Å². The Balaban J connectivity index is 3.14. The van der Waals surface area contributed by atoms with Crippen LogP contribution < -0.4 is 0 Å². The van der Waals surface area contributed by atoms with Crippen LogP contribution in [0.25, 0.3) is 0 Å². The Bertz CT molecular complexity index is 114. The van der Waals surface area contributed by atoms with E-state index in [0.717, 1.165) is 0 Å². The van der Waals surface area contributed by atoms with Crippen molar-refractivity contribution in [2.45, 2.75) is 6.92 Å². The molecule has 0 aliphatic heterocycles. The molecule has 0 unspecified atom stereocenters. The number of ether oxygens (including phenoxy) is 1. The Kier molecular flexibility index (Phi) is 6.14. The summed E-state index contributed by atoms with van der Waals surface area (Å²) in [5, 5.41) is 0. The lowest BCUT2D eigenvalue weighted by Crippen LogP contribution is -1.84. The van der Waals surface area contributed by atoms with Gasteiger partial charge in [-0.2, -0.15) is 0 Å². The Morgan fingerprint density at radius 2 is 2.33 bits per heavy atom. The third-order valence-corrected chi connectivity index (χ3v) is 0.678. The molecule has 0 atom stereocenters. The molecule has 0 rings (SSSR count). The van der Waals surface area contributed by atoms with Gasteiger partial charge in [0.15, 0.2) is 0 Å². The third kappa shape index (κ3) is 6.95. The van der Waals surface area contributed by atoms with Gasteiger partial charge in [-0.3, -0.25) is 0 Å². The molecule has 9 heavy (non-hydrogen) atoms. The van der Waals surface area contributed by atoms with Gasteiger partial charge in [-0.1, -0.05) is 18.2 Å². The molecule has 1 radical (unpaired) electrons. The van der Waals surface area contributed by atoms with Gasteiger partial charge < -0.3 is 4.74 Å². The average Bonchev–Trinajstić information content (AvgIpc) is 1.89. The highest BCUT2D eigenvalue weighted by Gasteiger charge is 1.72.